The lowest BCUT2D eigenvalue weighted by atomic mass is 10.0. The minimum Gasteiger partial charge on any atom is -0.394 e. The number of aliphatic hydroxyl groups is 1. The molecule has 1 aliphatic rings. The topological polar surface area (TPSA) is 35.9 Å². The quantitative estimate of drug-likeness (QED) is 0.772. The highest BCUT2D eigenvalue weighted by Crippen LogP contribution is 2.15. The lowest BCUT2D eigenvalue weighted by Gasteiger charge is -2.40. The average Bonchev–Trinajstić information content (AvgIpc) is 2.28. The first-order chi connectivity index (χ1) is 8.35. The van der Waals surface area contributed by atoms with Gasteiger partial charge in [0.1, 0.15) is 0 Å². The van der Waals surface area contributed by atoms with Crippen LogP contribution >= 0.6 is 0 Å². The predicted molar refractivity (Wildman–Crippen MR) is 74.8 cm³/mol. The average molecular weight is 258 g/mol. The maximum atomic E-state index is 9.37. The van der Waals surface area contributed by atoms with Gasteiger partial charge in [0.25, 0.3) is 0 Å². The van der Waals surface area contributed by atoms with Crippen molar-refractivity contribution < 1.29 is 9.84 Å². The molecule has 0 aromatic carbocycles. The third-order valence-corrected chi connectivity index (χ3v) is 3.74. The van der Waals surface area contributed by atoms with Crippen LogP contribution in [-0.4, -0.2) is 73.0 Å². The number of hydrogen-bond donors (Lipinski definition) is 1. The number of ether oxygens (including phenoxy) is 1. The maximum absolute atomic E-state index is 9.37. The second-order valence-corrected chi connectivity index (χ2v) is 6.50. The Balaban J connectivity index is 2.42. The van der Waals surface area contributed by atoms with Gasteiger partial charge in [0.15, 0.2) is 0 Å². The molecule has 0 bridgehead atoms. The molecule has 1 rings (SSSR count). The summed E-state index contributed by atoms with van der Waals surface area (Å²) in [6.07, 6.45) is 0.258. The molecule has 1 N–H and O–H groups in total. The molecule has 0 spiro atoms. The molecule has 4 heteroatoms. The molecule has 0 aliphatic carbocycles. The van der Waals surface area contributed by atoms with Gasteiger partial charge in [-0.05, 0) is 26.8 Å². The van der Waals surface area contributed by atoms with E-state index in [-0.39, 0.29) is 18.2 Å². The van der Waals surface area contributed by atoms with Gasteiger partial charge in [-0.15, -0.1) is 0 Å². The number of rotatable bonds is 6. The molecule has 4 nitrogen and oxygen atoms in total. The zero-order chi connectivity index (χ0) is 13.8. The monoisotopic (exact) mass is 258 g/mol. The van der Waals surface area contributed by atoms with E-state index in [2.05, 4.69) is 44.5 Å². The van der Waals surface area contributed by atoms with E-state index < -0.39 is 0 Å². The van der Waals surface area contributed by atoms with Crippen molar-refractivity contribution in [3.8, 4) is 0 Å². The fraction of sp³-hybridized carbons (Fsp3) is 1.00. The van der Waals surface area contributed by atoms with Crippen molar-refractivity contribution >= 4 is 0 Å². The van der Waals surface area contributed by atoms with E-state index in [1.807, 2.05) is 0 Å². The molecule has 0 aromatic heterocycles. The SMILES string of the molecule is CC(C)CN1CCOC(CN(C)C(C)(C)CO)C1. The van der Waals surface area contributed by atoms with Crippen molar-refractivity contribution in [1.29, 1.82) is 0 Å². The Morgan fingerprint density at radius 1 is 1.44 bits per heavy atom. The van der Waals surface area contributed by atoms with Gasteiger partial charge >= 0.3 is 0 Å². The molecule has 1 aliphatic heterocycles. The third-order valence-electron chi connectivity index (χ3n) is 3.74. The zero-order valence-electron chi connectivity index (χ0n) is 12.6. The van der Waals surface area contributed by atoms with Crippen molar-refractivity contribution in [1.82, 2.24) is 9.80 Å². The first-order valence-corrected chi connectivity index (χ1v) is 7.01. The van der Waals surface area contributed by atoms with Crippen molar-refractivity contribution in [2.45, 2.75) is 39.3 Å². The molecule has 1 fully saturated rings. The van der Waals surface area contributed by atoms with E-state index in [1.165, 1.54) is 0 Å². The maximum Gasteiger partial charge on any atom is 0.0829 e. The van der Waals surface area contributed by atoms with Crippen molar-refractivity contribution in [3.63, 3.8) is 0 Å². The van der Waals surface area contributed by atoms with Crippen molar-refractivity contribution in [3.05, 3.63) is 0 Å². The fourth-order valence-electron chi connectivity index (χ4n) is 2.25. The van der Waals surface area contributed by atoms with E-state index in [0.29, 0.717) is 5.92 Å². The van der Waals surface area contributed by atoms with Crippen LogP contribution in [0.1, 0.15) is 27.7 Å². The summed E-state index contributed by atoms with van der Waals surface area (Å²) < 4.78 is 5.84. The van der Waals surface area contributed by atoms with E-state index in [9.17, 15) is 5.11 Å². The summed E-state index contributed by atoms with van der Waals surface area (Å²) in [7, 11) is 2.06. The van der Waals surface area contributed by atoms with E-state index in [1.54, 1.807) is 0 Å². The number of hydrogen-bond acceptors (Lipinski definition) is 4. The van der Waals surface area contributed by atoms with Crippen molar-refractivity contribution in [2.24, 2.45) is 5.92 Å². The minimum absolute atomic E-state index is 0.173. The fourth-order valence-corrected chi connectivity index (χ4v) is 2.25. The molecule has 1 heterocycles. The zero-order valence-corrected chi connectivity index (χ0v) is 12.6. The Kier molecular flexibility index (Phi) is 6.05. The second-order valence-electron chi connectivity index (χ2n) is 6.50. The number of morpholine rings is 1. The van der Waals surface area contributed by atoms with Crippen LogP contribution in [0.25, 0.3) is 0 Å². The molecule has 108 valence electrons. The minimum atomic E-state index is -0.177. The highest BCUT2D eigenvalue weighted by Gasteiger charge is 2.28. The number of likely N-dealkylation sites (N-methyl/N-ethyl adjacent to an activating group) is 1. The second kappa shape index (κ2) is 6.85. The summed E-state index contributed by atoms with van der Waals surface area (Å²) in [6, 6.07) is 0. The number of aliphatic hydroxyl groups excluding tert-OH is 1. The Labute approximate surface area is 112 Å². The molecule has 0 amide bonds. The van der Waals surface area contributed by atoms with Crippen LogP contribution in [-0.2, 0) is 4.74 Å². The summed E-state index contributed by atoms with van der Waals surface area (Å²) in [5, 5.41) is 9.37. The first kappa shape index (κ1) is 15.9. The first-order valence-electron chi connectivity index (χ1n) is 7.01. The molecule has 0 saturated carbocycles. The van der Waals surface area contributed by atoms with Gasteiger partial charge in [0.2, 0.25) is 0 Å². The molecule has 0 aromatic rings. The number of nitrogens with zero attached hydrogens (tertiary/aromatic N) is 2. The summed E-state index contributed by atoms with van der Waals surface area (Å²) >= 11 is 0. The van der Waals surface area contributed by atoms with E-state index >= 15 is 0 Å². The molecular weight excluding hydrogens is 228 g/mol. The van der Waals surface area contributed by atoms with E-state index in [0.717, 1.165) is 32.8 Å². The van der Waals surface area contributed by atoms with Gasteiger partial charge in [-0.3, -0.25) is 9.80 Å². The van der Waals surface area contributed by atoms with Crippen molar-refractivity contribution in [2.75, 3.05) is 46.4 Å². The Hall–Kier alpha value is -0.160. The van der Waals surface area contributed by atoms with Crippen LogP contribution < -0.4 is 0 Å². The van der Waals surface area contributed by atoms with Gasteiger partial charge in [0, 0.05) is 31.7 Å². The van der Waals surface area contributed by atoms with Gasteiger partial charge < -0.3 is 9.84 Å². The molecule has 1 saturated heterocycles. The predicted octanol–water partition coefficient (Wildman–Crippen LogP) is 1.05. The molecule has 1 unspecified atom stereocenters. The molecular formula is C14H30N2O2. The van der Waals surface area contributed by atoms with Crippen LogP contribution in [0.2, 0.25) is 0 Å². The molecule has 18 heavy (non-hydrogen) atoms. The Morgan fingerprint density at radius 2 is 2.11 bits per heavy atom. The smallest absolute Gasteiger partial charge is 0.0829 e. The summed E-state index contributed by atoms with van der Waals surface area (Å²) in [6.45, 7) is 13.7. The van der Waals surface area contributed by atoms with Crippen LogP contribution in [0.4, 0.5) is 0 Å². The van der Waals surface area contributed by atoms with Crippen LogP contribution in [0, 0.1) is 5.92 Å². The van der Waals surface area contributed by atoms with E-state index in [4.69, 9.17) is 4.74 Å². The highest BCUT2D eigenvalue weighted by molar-refractivity contribution is 4.82. The largest absolute Gasteiger partial charge is 0.394 e. The lowest BCUT2D eigenvalue weighted by Crippen LogP contribution is -2.53. The van der Waals surface area contributed by atoms with Gasteiger partial charge in [-0.2, -0.15) is 0 Å². The highest BCUT2D eigenvalue weighted by atomic mass is 16.5. The lowest BCUT2D eigenvalue weighted by molar-refractivity contribution is -0.0586. The van der Waals surface area contributed by atoms with Crippen LogP contribution in [0.3, 0.4) is 0 Å². The van der Waals surface area contributed by atoms with Crippen LogP contribution in [0.5, 0.6) is 0 Å². The summed E-state index contributed by atoms with van der Waals surface area (Å²) in [5.74, 6) is 0.704. The van der Waals surface area contributed by atoms with Gasteiger partial charge in [-0.1, -0.05) is 13.8 Å². The van der Waals surface area contributed by atoms with Gasteiger partial charge in [0.05, 0.1) is 19.3 Å². The standard InChI is InChI=1S/C14H30N2O2/c1-12(2)8-16-6-7-18-13(10-16)9-15(5)14(3,4)11-17/h12-13,17H,6-11H2,1-5H3. The Morgan fingerprint density at radius 3 is 2.67 bits per heavy atom. The summed E-state index contributed by atoms with van der Waals surface area (Å²) in [4.78, 5) is 4.68. The Bertz CT molecular complexity index is 244. The van der Waals surface area contributed by atoms with Crippen LogP contribution in [0.15, 0.2) is 0 Å². The normalized spacial score (nSPS) is 23.0. The molecule has 0 radical (unpaired) electrons. The van der Waals surface area contributed by atoms with Gasteiger partial charge in [-0.25, -0.2) is 0 Å². The summed E-state index contributed by atoms with van der Waals surface area (Å²) in [5.41, 5.74) is -0.177. The third kappa shape index (κ3) is 4.84. The molecule has 1 atom stereocenters.